The van der Waals surface area contributed by atoms with Gasteiger partial charge >= 0.3 is 0 Å². The van der Waals surface area contributed by atoms with Crippen LogP contribution in [0.3, 0.4) is 0 Å². The maximum atomic E-state index is 6.41. The third kappa shape index (κ3) is 3.87. The van der Waals surface area contributed by atoms with E-state index in [9.17, 15) is 0 Å². The summed E-state index contributed by atoms with van der Waals surface area (Å²) in [7, 11) is 0. The van der Waals surface area contributed by atoms with Crippen molar-refractivity contribution >= 4 is 11.6 Å². The molecule has 114 valence electrons. The summed E-state index contributed by atoms with van der Waals surface area (Å²) in [6, 6.07) is 3.83. The normalized spacial score (nSPS) is 13.3. The van der Waals surface area contributed by atoms with E-state index < -0.39 is 0 Å². The number of rotatable bonds is 7. The lowest BCUT2D eigenvalue weighted by Gasteiger charge is -2.27. The second-order valence-electron chi connectivity index (χ2n) is 5.80. The number of hydrogen-bond acceptors (Lipinski definition) is 3. The first kappa shape index (κ1) is 17.3. The van der Waals surface area contributed by atoms with Gasteiger partial charge in [0.1, 0.15) is 5.75 Å². The Morgan fingerprint density at radius 3 is 2.45 bits per heavy atom. The first-order valence-corrected chi connectivity index (χ1v) is 7.67. The zero-order chi connectivity index (χ0) is 15.3. The highest BCUT2D eigenvalue weighted by molar-refractivity contribution is 6.32. The smallest absolute Gasteiger partial charge is 0.142 e. The van der Waals surface area contributed by atoms with Gasteiger partial charge in [0.2, 0.25) is 0 Å². The van der Waals surface area contributed by atoms with Crippen molar-refractivity contribution in [3.63, 3.8) is 0 Å². The fourth-order valence-electron chi connectivity index (χ4n) is 1.97. The van der Waals surface area contributed by atoms with Crippen LogP contribution in [0, 0.1) is 0 Å². The van der Waals surface area contributed by atoms with Crippen LogP contribution < -0.4 is 16.2 Å². The topological polar surface area (TPSA) is 61.3 Å². The molecule has 4 heteroatoms. The molecule has 0 saturated heterocycles. The zero-order valence-corrected chi connectivity index (χ0v) is 13.8. The van der Waals surface area contributed by atoms with Gasteiger partial charge in [0.25, 0.3) is 0 Å². The molecule has 0 amide bonds. The van der Waals surface area contributed by atoms with Gasteiger partial charge in [0.15, 0.2) is 0 Å². The van der Waals surface area contributed by atoms with E-state index in [2.05, 4.69) is 33.8 Å². The summed E-state index contributed by atoms with van der Waals surface area (Å²) in [6.45, 7) is 9.62. The molecule has 0 aliphatic rings. The molecule has 0 spiro atoms. The van der Waals surface area contributed by atoms with Gasteiger partial charge in [-0.1, -0.05) is 39.3 Å². The first-order chi connectivity index (χ1) is 9.37. The summed E-state index contributed by atoms with van der Waals surface area (Å²) in [6.07, 6.45) is 1.95. The van der Waals surface area contributed by atoms with Crippen molar-refractivity contribution in [2.45, 2.75) is 52.0 Å². The van der Waals surface area contributed by atoms with Crippen LogP contribution in [-0.2, 0) is 5.41 Å². The lowest BCUT2D eigenvalue weighted by Crippen LogP contribution is -2.23. The Morgan fingerprint density at radius 1 is 1.30 bits per heavy atom. The van der Waals surface area contributed by atoms with Gasteiger partial charge in [0, 0.05) is 18.2 Å². The molecule has 0 bridgehead atoms. The SMILES string of the molecule is CCCOc1c(Cl)cc(C(C)(C)CC)cc1C(N)CN. The van der Waals surface area contributed by atoms with Crippen LogP contribution in [0.4, 0.5) is 0 Å². The van der Waals surface area contributed by atoms with Crippen molar-refractivity contribution in [3.05, 3.63) is 28.3 Å². The highest BCUT2D eigenvalue weighted by Crippen LogP contribution is 2.38. The van der Waals surface area contributed by atoms with Gasteiger partial charge < -0.3 is 16.2 Å². The molecular weight excluding hydrogens is 272 g/mol. The van der Waals surface area contributed by atoms with Crippen LogP contribution in [0.2, 0.25) is 5.02 Å². The molecule has 3 nitrogen and oxygen atoms in total. The van der Waals surface area contributed by atoms with Crippen molar-refractivity contribution in [2.75, 3.05) is 13.2 Å². The second-order valence-corrected chi connectivity index (χ2v) is 6.21. The molecule has 1 aromatic carbocycles. The van der Waals surface area contributed by atoms with Crippen molar-refractivity contribution in [1.82, 2.24) is 0 Å². The van der Waals surface area contributed by atoms with Crippen molar-refractivity contribution in [2.24, 2.45) is 11.5 Å². The third-order valence-corrected chi connectivity index (χ3v) is 4.12. The molecule has 4 N–H and O–H groups in total. The molecule has 0 fully saturated rings. The first-order valence-electron chi connectivity index (χ1n) is 7.29. The van der Waals surface area contributed by atoms with Crippen molar-refractivity contribution in [3.8, 4) is 5.75 Å². The van der Waals surface area contributed by atoms with E-state index in [1.807, 2.05) is 6.07 Å². The lowest BCUT2D eigenvalue weighted by atomic mass is 9.81. The summed E-state index contributed by atoms with van der Waals surface area (Å²) < 4.78 is 5.77. The molecule has 20 heavy (non-hydrogen) atoms. The van der Waals surface area contributed by atoms with E-state index in [1.54, 1.807) is 0 Å². The Hall–Kier alpha value is -0.770. The third-order valence-electron chi connectivity index (χ3n) is 3.84. The Bertz CT molecular complexity index is 446. The fraction of sp³-hybridized carbons (Fsp3) is 0.625. The number of halogens is 1. The van der Waals surface area contributed by atoms with Crippen LogP contribution in [0.25, 0.3) is 0 Å². The molecule has 1 rings (SSSR count). The largest absolute Gasteiger partial charge is 0.492 e. The van der Waals surface area contributed by atoms with Crippen LogP contribution in [0.1, 0.15) is 57.7 Å². The summed E-state index contributed by atoms with van der Waals surface area (Å²) in [5, 5.41) is 0.622. The summed E-state index contributed by atoms with van der Waals surface area (Å²) >= 11 is 6.41. The number of ether oxygens (including phenoxy) is 1. The molecular formula is C16H27ClN2O. The molecule has 0 aromatic heterocycles. The number of nitrogens with two attached hydrogens (primary N) is 2. The van der Waals surface area contributed by atoms with Crippen LogP contribution in [0.5, 0.6) is 5.75 Å². The summed E-state index contributed by atoms with van der Waals surface area (Å²) in [4.78, 5) is 0. The monoisotopic (exact) mass is 298 g/mol. The van der Waals surface area contributed by atoms with Gasteiger partial charge in [-0.05, 0) is 36.0 Å². The van der Waals surface area contributed by atoms with Crippen LogP contribution >= 0.6 is 11.6 Å². The average molecular weight is 299 g/mol. The van der Waals surface area contributed by atoms with E-state index in [-0.39, 0.29) is 11.5 Å². The van der Waals surface area contributed by atoms with Gasteiger partial charge in [-0.2, -0.15) is 0 Å². The highest BCUT2D eigenvalue weighted by atomic mass is 35.5. The molecule has 0 saturated carbocycles. The molecule has 1 atom stereocenters. The van der Waals surface area contributed by atoms with E-state index in [0.29, 0.717) is 23.9 Å². The molecule has 0 aliphatic carbocycles. The molecule has 1 aromatic rings. The zero-order valence-electron chi connectivity index (χ0n) is 13.0. The van der Waals surface area contributed by atoms with Crippen molar-refractivity contribution < 1.29 is 4.74 Å². The van der Waals surface area contributed by atoms with E-state index in [1.165, 1.54) is 5.56 Å². The van der Waals surface area contributed by atoms with E-state index >= 15 is 0 Å². The highest BCUT2D eigenvalue weighted by Gasteiger charge is 2.23. The lowest BCUT2D eigenvalue weighted by molar-refractivity contribution is 0.312. The maximum absolute atomic E-state index is 6.41. The average Bonchev–Trinajstić information content (AvgIpc) is 2.44. The molecule has 0 radical (unpaired) electrons. The van der Waals surface area contributed by atoms with E-state index in [4.69, 9.17) is 27.8 Å². The Balaban J connectivity index is 3.32. The van der Waals surface area contributed by atoms with E-state index in [0.717, 1.165) is 18.4 Å². The van der Waals surface area contributed by atoms with Gasteiger partial charge in [-0.25, -0.2) is 0 Å². The minimum atomic E-state index is -0.257. The second kappa shape index (κ2) is 7.30. The predicted molar refractivity (Wildman–Crippen MR) is 86.5 cm³/mol. The molecule has 1 unspecified atom stereocenters. The fourth-order valence-corrected chi connectivity index (χ4v) is 2.25. The number of hydrogen-bond donors (Lipinski definition) is 2. The standard InChI is InChI=1S/C16H27ClN2O/c1-5-7-20-15-12(14(19)10-18)8-11(9-13(15)17)16(3,4)6-2/h8-9,14H,5-7,10,18-19H2,1-4H3. The Kier molecular flexibility index (Phi) is 6.31. The minimum absolute atomic E-state index is 0.0516. The Labute approximate surface area is 127 Å². The Morgan fingerprint density at radius 2 is 1.95 bits per heavy atom. The summed E-state index contributed by atoms with van der Waals surface area (Å²) in [5.74, 6) is 0.683. The molecule has 0 aliphatic heterocycles. The van der Waals surface area contributed by atoms with Crippen LogP contribution in [-0.4, -0.2) is 13.2 Å². The number of benzene rings is 1. The van der Waals surface area contributed by atoms with Crippen molar-refractivity contribution in [1.29, 1.82) is 0 Å². The van der Waals surface area contributed by atoms with Gasteiger partial charge in [-0.3, -0.25) is 0 Å². The van der Waals surface area contributed by atoms with Gasteiger partial charge in [0.05, 0.1) is 11.6 Å². The predicted octanol–water partition coefficient (Wildman–Crippen LogP) is 3.77. The minimum Gasteiger partial charge on any atom is -0.492 e. The quantitative estimate of drug-likeness (QED) is 0.805. The molecule has 0 heterocycles. The maximum Gasteiger partial charge on any atom is 0.142 e. The summed E-state index contributed by atoms with van der Waals surface area (Å²) in [5.41, 5.74) is 14.0. The van der Waals surface area contributed by atoms with Crippen LogP contribution in [0.15, 0.2) is 12.1 Å². The van der Waals surface area contributed by atoms with Gasteiger partial charge in [-0.15, -0.1) is 0 Å².